The summed E-state index contributed by atoms with van der Waals surface area (Å²) in [5.74, 6) is -0.309. The van der Waals surface area contributed by atoms with Crippen LogP contribution < -0.4 is 17.0 Å². The highest BCUT2D eigenvalue weighted by Gasteiger charge is 2.13. The molecule has 27 heavy (non-hydrogen) atoms. The highest BCUT2D eigenvalue weighted by molar-refractivity contribution is 5.92. The number of unbranched alkanes of at least 4 members (excludes halogenated alkanes) is 11. The van der Waals surface area contributed by atoms with E-state index in [1.54, 1.807) is 6.92 Å². The van der Waals surface area contributed by atoms with E-state index in [1.807, 2.05) is 0 Å². The standard InChI is InChI=1S/C22H44N3O.BrH/c1-6-7-8-9-10-11-12-13-14-15-16-17-19-25(4,5)20-18-23-24-22(26)21(2)3;/h2,6-20H2,1,3-5H3;1H/q+1;/p-1. The van der Waals surface area contributed by atoms with Gasteiger partial charge < -0.3 is 21.5 Å². The molecule has 0 aromatic rings. The first-order chi connectivity index (χ1) is 12.4. The van der Waals surface area contributed by atoms with Gasteiger partial charge in [0.05, 0.1) is 27.2 Å². The first kappa shape index (κ1) is 28.7. The highest BCUT2D eigenvalue weighted by atomic mass is 79.9. The van der Waals surface area contributed by atoms with Crippen molar-refractivity contribution < 1.29 is 26.3 Å². The third-order valence-corrected chi connectivity index (χ3v) is 4.95. The molecule has 0 heterocycles. The first-order valence-corrected chi connectivity index (χ1v) is 10.8. The molecule has 0 fully saturated rings. The number of rotatable bonds is 17. The number of hydrogen-bond donors (Lipinski definition) is 0. The van der Waals surface area contributed by atoms with Crippen molar-refractivity contribution in [3.8, 4) is 0 Å². The number of azo groups is 1. The van der Waals surface area contributed by atoms with Crippen molar-refractivity contribution in [3.63, 3.8) is 0 Å². The number of likely N-dealkylation sites (N-methyl/N-ethyl adjacent to an activating group) is 1. The van der Waals surface area contributed by atoms with Gasteiger partial charge in [0.2, 0.25) is 0 Å². The van der Waals surface area contributed by atoms with E-state index in [0.717, 1.165) is 11.0 Å². The number of quaternary nitrogens is 1. The predicted octanol–water partition coefficient (Wildman–Crippen LogP) is 3.32. The zero-order chi connectivity index (χ0) is 19.7. The van der Waals surface area contributed by atoms with E-state index in [1.165, 1.54) is 83.6 Å². The van der Waals surface area contributed by atoms with Crippen LogP contribution in [0.4, 0.5) is 0 Å². The lowest BCUT2D eigenvalue weighted by atomic mass is 10.1. The summed E-state index contributed by atoms with van der Waals surface area (Å²) in [7, 11) is 4.46. The molecular formula is C22H44BrN3O. The molecule has 4 nitrogen and oxygen atoms in total. The van der Waals surface area contributed by atoms with Crippen LogP contribution in [-0.2, 0) is 4.79 Å². The molecule has 0 saturated carbocycles. The van der Waals surface area contributed by atoms with Crippen LogP contribution in [0.3, 0.4) is 0 Å². The van der Waals surface area contributed by atoms with Gasteiger partial charge in [0.1, 0.15) is 6.54 Å². The molecule has 0 aliphatic heterocycles. The molecule has 0 saturated heterocycles. The van der Waals surface area contributed by atoms with Crippen molar-refractivity contribution in [1.29, 1.82) is 0 Å². The molecule has 0 N–H and O–H groups in total. The average molecular weight is 447 g/mol. The molecule has 0 aliphatic rings. The molecule has 0 atom stereocenters. The van der Waals surface area contributed by atoms with Gasteiger partial charge in [-0.2, -0.15) is 5.11 Å². The van der Waals surface area contributed by atoms with E-state index < -0.39 is 0 Å². The normalized spacial score (nSPS) is 11.6. The van der Waals surface area contributed by atoms with Gasteiger partial charge in [-0.05, 0) is 19.8 Å². The minimum atomic E-state index is -0.309. The van der Waals surface area contributed by atoms with Gasteiger partial charge in [0, 0.05) is 5.57 Å². The van der Waals surface area contributed by atoms with E-state index in [-0.39, 0.29) is 22.9 Å². The molecule has 0 aromatic carbocycles. The fourth-order valence-electron chi connectivity index (χ4n) is 3.01. The van der Waals surface area contributed by atoms with Crippen LogP contribution in [0.2, 0.25) is 0 Å². The molecule has 0 spiro atoms. The van der Waals surface area contributed by atoms with Gasteiger partial charge in [0.25, 0.3) is 5.91 Å². The molecule has 1 amide bonds. The van der Waals surface area contributed by atoms with Crippen LogP contribution in [0.1, 0.15) is 90.9 Å². The molecule has 5 heteroatoms. The highest BCUT2D eigenvalue weighted by Crippen LogP contribution is 2.12. The molecule has 0 bridgehead atoms. The van der Waals surface area contributed by atoms with Gasteiger partial charge >= 0.3 is 0 Å². The number of carbonyl (C=O) groups is 1. The first-order valence-electron chi connectivity index (χ1n) is 10.8. The van der Waals surface area contributed by atoms with E-state index in [9.17, 15) is 4.79 Å². The van der Waals surface area contributed by atoms with E-state index in [4.69, 9.17) is 0 Å². The zero-order valence-electron chi connectivity index (χ0n) is 18.4. The fourth-order valence-corrected chi connectivity index (χ4v) is 3.01. The van der Waals surface area contributed by atoms with Crippen LogP contribution in [0, 0.1) is 0 Å². The fraction of sp³-hybridized carbons (Fsp3) is 0.864. The van der Waals surface area contributed by atoms with E-state index >= 15 is 0 Å². The molecule has 0 unspecified atom stereocenters. The Hall–Kier alpha value is -0.550. The van der Waals surface area contributed by atoms with Crippen molar-refractivity contribution >= 4 is 5.91 Å². The molecular weight excluding hydrogens is 402 g/mol. The smallest absolute Gasteiger partial charge is 0.290 e. The van der Waals surface area contributed by atoms with E-state index in [0.29, 0.717) is 12.1 Å². The SMILES string of the molecule is C=C(C)C(=O)N=NCC[N+](C)(C)CCCCCCCCCCCCCC.[Br-]. The number of halogens is 1. The van der Waals surface area contributed by atoms with Crippen LogP contribution in [0.15, 0.2) is 22.4 Å². The van der Waals surface area contributed by atoms with Gasteiger partial charge in [0.15, 0.2) is 0 Å². The summed E-state index contributed by atoms with van der Waals surface area (Å²) in [6, 6.07) is 0. The third kappa shape index (κ3) is 20.0. The van der Waals surface area contributed by atoms with Crippen molar-refractivity contribution in [2.75, 3.05) is 33.7 Å². The lowest BCUT2D eigenvalue weighted by Crippen LogP contribution is -3.00. The monoisotopic (exact) mass is 445 g/mol. The Morgan fingerprint density at radius 3 is 1.70 bits per heavy atom. The van der Waals surface area contributed by atoms with Gasteiger partial charge in [-0.1, -0.05) is 77.7 Å². The predicted molar refractivity (Wildman–Crippen MR) is 112 cm³/mol. The summed E-state index contributed by atoms with van der Waals surface area (Å²) in [5, 5.41) is 7.66. The maximum atomic E-state index is 11.3. The summed E-state index contributed by atoms with van der Waals surface area (Å²) >= 11 is 0. The van der Waals surface area contributed by atoms with Gasteiger partial charge in [-0.15, -0.1) is 5.11 Å². The number of amides is 1. The maximum absolute atomic E-state index is 11.3. The summed E-state index contributed by atoms with van der Waals surface area (Å²) in [6.07, 6.45) is 16.6. The Labute approximate surface area is 179 Å². The quantitative estimate of drug-likeness (QED) is 0.146. The molecule has 0 rings (SSSR count). The van der Waals surface area contributed by atoms with Crippen LogP contribution in [0.25, 0.3) is 0 Å². The van der Waals surface area contributed by atoms with Crippen molar-refractivity contribution in [1.82, 2.24) is 0 Å². The number of carbonyl (C=O) groups excluding carboxylic acids is 1. The molecule has 160 valence electrons. The summed E-state index contributed by atoms with van der Waals surface area (Å²) in [5.41, 5.74) is 0.444. The van der Waals surface area contributed by atoms with Gasteiger partial charge in [-0.25, -0.2) is 0 Å². The van der Waals surface area contributed by atoms with Crippen LogP contribution >= 0.6 is 0 Å². The van der Waals surface area contributed by atoms with E-state index in [2.05, 4.69) is 37.8 Å². The second-order valence-electron chi connectivity index (χ2n) is 8.32. The second-order valence-corrected chi connectivity index (χ2v) is 8.32. The molecule has 0 aliphatic carbocycles. The Balaban J connectivity index is 0. The second kappa shape index (κ2) is 18.8. The molecule has 0 radical (unpaired) electrons. The maximum Gasteiger partial charge on any atom is 0.290 e. The largest absolute Gasteiger partial charge is 1.00 e. The Bertz CT molecular complexity index is 408. The number of nitrogens with zero attached hydrogens (tertiary/aromatic N) is 3. The lowest BCUT2D eigenvalue weighted by Gasteiger charge is -2.28. The van der Waals surface area contributed by atoms with Gasteiger partial charge in [-0.3, -0.25) is 4.79 Å². The van der Waals surface area contributed by atoms with Crippen LogP contribution in [-0.4, -0.2) is 44.1 Å². The average Bonchev–Trinajstić information content (AvgIpc) is 2.59. The van der Waals surface area contributed by atoms with Crippen LogP contribution in [0.5, 0.6) is 0 Å². The third-order valence-electron chi connectivity index (χ3n) is 4.95. The number of hydrogen-bond acceptors (Lipinski definition) is 2. The Morgan fingerprint density at radius 1 is 0.815 bits per heavy atom. The molecule has 0 aromatic heterocycles. The summed E-state index contributed by atoms with van der Waals surface area (Å²) in [6.45, 7) is 10.2. The Kier molecular flexibility index (Phi) is 20.0. The van der Waals surface area contributed by atoms with Crippen molar-refractivity contribution in [2.45, 2.75) is 90.9 Å². The van der Waals surface area contributed by atoms with Crippen molar-refractivity contribution in [2.24, 2.45) is 10.2 Å². The lowest BCUT2D eigenvalue weighted by molar-refractivity contribution is -0.889. The Morgan fingerprint density at radius 2 is 1.26 bits per heavy atom. The zero-order valence-corrected chi connectivity index (χ0v) is 20.0. The van der Waals surface area contributed by atoms with Crippen molar-refractivity contribution in [3.05, 3.63) is 12.2 Å². The minimum Gasteiger partial charge on any atom is -1.00 e. The topological polar surface area (TPSA) is 41.8 Å². The summed E-state index contributed by atoms with van der Waals surface area (Å²) < 4.78 is 0.943. The summed E-state index contributed by atoms with van der Waals surface area (Å²) in [4.78, 5) is 11.3. The minimum absolute atomic E-state index is 0.